The number of anilines is 1. The summed E-state index contributed by atoms with van der Waals surface area (Å²) in [4.78, 5) is 25.6. The van der Waals surface area contributed by atoms with E-state index < -0.39 is 4.92 Å². The number of quaternary nitrogens is 2. The maximum absolute atomic E-state index is 12.3. The van der Waals surface area contributed by atoms with Crippen LogP contribution < -0.4 is 19.9 Å². The van der Waals surface area contributed by atoms with E-state index in [9.17, 15) is 14.9 Å². The van der Waals surface area contributed by atoms with E-state index in [0.717, 1.165) is 38.5 Å². The first-order valence-corrected chi connectivity index (χ1v) is 9.38. The number of para-hydroxylation sites is 2. The average molecular weight is 386 g/mol. The van der Waals surface area contributed by atoms with Gasteiger partial charge in [0.2, 0.25) is 0 Å². The molecule has 148 valence electrons. The summed E-state index contributed by atoms with van der Waals surface area (Å²) < 4.78 is 5.19. The van der Waals surface area contributed by atoms with Gasteiger partial charge in [0.1, 0.15) is 44.2 Å². The lowest BCUT2D eigenvalue weighted by Gasteiger charge is -2.29. The predicted octanol–water partition coefficient (Wildman–Crippen LogP) is -0.474. The minimum absolute atomic E-state index is 0.0837. The molecule has 1 amide bonds. The molecule has 0 spiro atoms. The van der Waals surface area contributed by atoms with E-state index in [4.69, 9.17) is 4.74 Å². The van der Waals surface area contributed by atoms with Gasteiger partial charge in [-0.1, -0.05) is 12.1 Å². The number of methoxy groups -OCH3 is 1. The van der Waals surface area contributed by atoms with Crippen LogP contribution in [0.15, 0.2) is 48.5 Å². The Morgan fingerprint density at radius 3 is 2.36 bits per heavy atom. The number of piperazine rings is 1. The molecule has 3 N–H and O–H groups in total. The third-order valence-electron chi connectivity index (χ3n) is 5.06. The van der Waals surface area contributed by atoms with Crippen LogP contribution in [-0.2, 0) is 11.3 Å². The molecule has 1 aliphatic heterocycles. The van der Waals surface area contributed by atoms with Crippen LogP contribution >= 0.6 is 0 Å². The summed E-state index contributed by atoms with van der Waals surface area (Å²) in [5.41, 5.74) is 1.44. The number of rotatable bonds is 7. The summed E-state index contributed by atoms with van der Waals surface area (Å²) in [5.74, 6) is 0.667. The number of nitro groups is 1. The van der Waals surface area contributed by atoms with Crippen LogP contribution in [-0.4, -0.2) is 50.7 Å². The molecule has 8 heteroatoms. The van der Waals surface area contributed by atoms with Gasteiger partial charge in [0.15, 0.2) is 6.54 Å². The lowest BCUT2D eigenvalue weighted by atomic mass is 10.2. The highest BCUT2D eigenvalue weighted by Gasteiger charge is 2.25. The van der Waals surface area contributed by atoms with Crippen LogP contribution in [0.4, 0.5) is 11.4 Å². The van der Waals surface area contributed by atoms with Crippen molar-refractivity contribution in [2.24, 2.45) is 0 Å². The summed E-state index contributed by atoms with van der Waals surface area (Å²) in [7, 11) is 1.66. The van der Waals surface area contributed by atoms with Crippen molar-refractivity contribution in [1.29, 1.82) is 0 Å². The summed E-state index contributed by atoms with van der Waals surface area (Å²) in [6, 6.07) is 14.3. The van der Waals surface area contributed by atoms with Crippen molar-refractivity contribution in [3.63, 3.8) is 0 Å². The van der Waals surface area contributed by atoms with Crippen LogP contribution in [0.2, 0.25) is 0 Å². The molecule has 0 unspecified atom stereocenters. The summed E-state index contributed by atoms with van der Waals surface area (Å²) in [5, 5.41) is 13.7. The van der Waals surface area contributed by atoms with E-state index in [1.54, 1.807) is 25.3 Å². The van der Waals surface area contributed by atoms with Crippen LogP contribution in [0, 0.1) is 10.1 Å². The highest BCUT2D eigenvalue weighted by Crippen LogP contribution is 2.22. The zero-order valence-electron chi connectivity index (χ0n) is 15.9. The minimum Gasteiger partial charge on any atom is -0.497 e. The molecule has 1 fully saturated rings. The third-order valence-corrected chi connectivity index (χ3v) is 5.06. The average Bonchev–Trinajstić information content (AvgIpc) is 2.70. The number of hydrogen-bond donors (Lipinski definition) is 3. The summed E-state index contributed by atoms with van der Waals surface area (Å²) in [6.45, 7) is 5.05. The number of amides is 1. The molecule has 0 atom stereocenters. The van der Waals surface area contributed by atoms with Crippen molar-refractivity contribution in [2.45, 2.75) is 6.54 Å². The van der Waals surface area contributed by atoms with E-state index in [1.165, 1.54) is 21.4 Å². The number of nitrogens with one attached hydrogen (secondary N) is 3. The molecule has 1 heterocycles. The molecule has 1 aliphatic rings. The second-order valence-electron chi connectivity index (χ2n) is 7.02. The van der Waals surface area contributed by atoms with Crippen molar-refractivity contribution < 1.29 is 24.3 Å². The van der Waals surface area contributed by atoms with Gasteiger partial charge >= 0.3 is 0 Å². The molecule has 0 aromatic heterocycles. The lowest BCUT2D eigenvalue weighted by Crippen LogP contribution is -3.28. The molecule has 2 aromatic carbocycles. The molecule has 0 radical (unpaired) electrons. The van der Waals surface area contributed by atoms with Crippen molar-refractivity contribution >= 4 is 17.3 Å². The smallest absolute Gasteiger partial charge is 0.292 e. The molecule has 1 saturated heterocycles. The molecule has 0 saturated carbocycles. The lowest BCUT2D eigenvalue weighted by molar-refractivity contribution is -1.02. The molecule has 0 bridgehead atoms. The van der Waals surface area contributed by atoms with Crippen LogP contribution in [0.25, 0.3) is 0 Å². The van der Waals surface area contributed by atoms with E-state index in [2.05, 4.69) is 17.4 Å². The standard InChI is InChI=1S/C20H24N4O4/c1-28-17-8-6-16(7-9-17)14-22-10-12-23(13-11-22)15-20(25)21-18-4-2-3-5-19(18)24(26)27/h2-9H,10-15H2,1H3,(H,21,25)/p+2. The number of hydrogen-bond acceptors (Lipinski definition) is 4. The van der Waals surface area contributed by atoms with Gasteiger partial charge in [-0.25, -0.2) is 0 Å². The number of carbonyl (C=O) groups excluding carboxylic acids is 1. The Hall–Kier alpha value is -2.97. The zero-order valence-corrected chi connectivity index (χ0v) is 15.9. The highest BCUT2D eigenvalue weighted by atomic mass is 16.6. The predicted molar refractivity (Wildman–Crippen MR) is 105 cm³/mol. The number of nitrogens with zero attached hydrogens (tertiary/aromatic N) is 1. The quantitative estimate of drug-likeness (QED) is 0.443. The number of nitro benzene ring substituents is 1. The number of benzene rings is 2. The van der Waals surface area contributed by atoms with Crippen LogP contribution in [0.5, 0.6) is 5.75 Å². The van der Waals surface area contributed by atoms with Crippen LogP contribution in [0.3, 0.4) is 0 Å². The van der Waals surface area contributed by atoms with Gasteiger partial charge in [-0.3, -0.25) is 14.9 Å². The fourth-order valence-electron chi connectivity index (χ4n) is 3.50. The van der Waals surface area contributed by atoms with Crippen molar-refractivity contribution in [3.8, 4) is 5.75 Å². The number of carbonyl (C=O) groups is 1. The molecule has 2 aromatic rings. The fourth-order valence-corrected chi connectivity index (χ4v) is 3.50. The summed E-state index contributed by atoms with van der Waals surface area (Å²) in [6.07, 6.45) is 0. The Morgan fingerprint density at radius 2 is 1.71 bits per heavy atom. The maximum Gasteiger partial charge on any atom is 0.292 e. The van der Waals surface area contributed by atoms with Gasteiger partial charge in [-0.05, 0) is 30.3 Å². The molecular weight excluding hydrogens is 360 g/mol. The third kappa shape index (κ3) is 5.28. The van der Waals surface area contributed by atoms with Gasteiger partial charge in [0.05, 0.1) is 12.0 Å². The Labute approximate surface area is 163 Å². The molecule has 3 rings (SSSR count). The van der Waals surface area contributed by atoms with E-state index >= 15 is 0 Å². The second kappa shape index (κ2) is 9.29. The van der Waals surface area contributed by atoms with E-state index in [0.29, 0.717) is 6.54 Å². The van der Waals surface area contributed by atoms with Crippen molar-refractivity contribution in [3.05, 3.63) is 64.2 Å². The van der Waals surface area contributed by atoms with E-state index in [1.807, 2.05) is 12.1 Å². The van der Waals surface area contributed by atoms with Gasteiger partial charge in [0, 0.05) is 11.6 Å². The fraction of sp³-hybridized carbons (Fsp3) is 0.350. The monoisotopic (exact) mass is 386 g/mol. The zero-order chi connectivity index (χ0) is 19.9. The highest BCUT2D eigenvalue weighted by molar-refractivity contribution is 5.93. The molecule has 0 aliphatic carbocycles. The van der Waals surface area contributed by atoms with Crippen molar-refractivity contribution in [1.82, 2.24) is 0 Å². The van der Waals surface area contributed by atoms with Crippen molar-refractivity contribution in [2.75, 3.05) is 45.2 Å². The SMILES string of the molecule is COc1ccc(C[NH+]2CC[NH+](CC(=O)Nc3ccccc3[N+](=O)[O-])CC2)cc1. The molecule has 8 nitrogen and oxygen atoms in total. The largest absolute Gasteiger partial charge is 0.497 e. The van der Waals surface area contributed by atoms with E-state index in [-0.39, 0.29) is 17.3 Å². The topological polar surface area (TPSA) is 90.4 Å². The van der Waals surface area contributed by atoms with Gasteiger partial charge in [-0.15, -0.1) is 0 Å². The van der Waals surface area contributed by atoms with Crippen LogP contribution in [0.1, 0.15) is 5.56 Å². The Bertz CT molecular complexity index is 817. The Morgan fingerprint density at radius 1 is 1.07 bits per heavy atom. The molecular formula is C20H26N4O4+2. The molecule has 28 heavy (non-hydrogen) atoms. The van der Waals surface area contributed by atoms with Gasteiger partial charge < -0.3 is 19.9 Å². The minimum atomic E-state index is -0.482. The Kier molecular flexibility index (Phi) is 6.57. The maximum atomic E-state index is 12.3. The summed E-state index contributed by atoms with van der Waals surface area (Å²) >= 11 is 0. The van der Waals surface area contributed by atoms with Gasteiger partial charge in [-0.2, -0.15) is 0 Å². The first kappa shape index (κ1) is 19.8. The first-order valence-electron chi connectivity index (χ1n) is 9.38. The number of ether oxygens (including phenoxy) is 1. The first-order chi connectivity index (χ1) is 13.5. The van der Waals surface area contributed by atoms with Gasteiger partial charge in [0.25, 0.3) is 11.6 Å². The Balaban J connectivity index is 1.46. The normalized spacial score (nSPS) is 19.0. The second-order valence-corrected chi connectivity index (χ2v) is 7.02.